The van der Waals surface area contributed by atoms with Crippen molar-refractivity contribution < 1.29 is 14.3 Å². The third-order valence-corrected chi connectivity index (χ3v) is 6.89. The number of carbonyl (C=O) groups is 2. The highest BCUT2D eigenvalue weighted by Gasteiger charge is 2.47. The van der Waals surface area contributed by atoms with Crippen molar-refractivity contribution in [1.29, 1.82) is 0 Å². The van der Waals surface area contributed by atoms with Gasteiger partial charge in [-0.25, -0.2) is 0 Å². The van der Waals surface area contributed by atoms with Gasteiger partial charge in [-0.2, -0.15) is 0 Å². The minimum atomic E-state index is -0.321. The molecule has 172 valence electrons. The van der Waals surface area contributed by atoms with E-state index in [1.54, 1.807) is 14.2 Å². The van der Waals surface area contributed by atoms with E-state index in [1.807, 2.05) is 0 Å². The molecule has 1 unspecified atom stereocenters. The quantitative estimate of drug-likeness (QED) is 0.612. The molecular formula is C23H35ClN4O3. The lowest BCUT2D eigenvalue weighted by atomic mass is 10.1. The van der Waals surface area contributed by atoms with Gasteiger partial charge in [-0.05, 0) is 56.8 Å². The SMILES string of the molecule is COc1ccc(C)cc1N1CCN(CCCC2(NC3CC(=O)N(C)C3=O)CC2)CC1.Cl. The van der Waals surface area contributed by atoms with Gasteiger partial charge < -0.3 is 9.64 Å². The van der Waals surface area contributed by atoms with Crippen molar-refractivity contribution >= 4 is 29.9 Å². The van der Waals surface area contributed by atoms with Gasteiger partial charge in [0.2, 0.25) is 11.8 Å². The topological polar surface area (TPSA) is 65.1 Å². The lowest BCUT2D eigenvalue weighted by Crippen LogP contribution is -2.47. The number of anilines is 1. The molecule has 2 heterocycles. The highest BCUT2D eigenvalue weighted by Crippen LogP contribution is 2.41. The molecule has 7 nitrogen and oxygen atoms in total. The Bertz CT molecular complexity index is 806. The van der Waals surface area contributed by atoms with Crippen molar-refractivity contribution in [3.63, 3.8) is 0 Å². The molecule has 0 aromatic heterocycles. The number of benzene rings is 1. The standard InChI is InChI=1S/C23H34N4O3.ClH/c1-17-5-6-20(30-3)19(15-17)27-13-11-26(12-14-27)10-4-7-23(8-9-23)24-18-16-21(28)25(2)22(18)29;/h5-6,15,18,24H,4,7-14,16H2,1-3H3;1H. The molecule has 0 bridgehead atoms. The Morgan fingerprint density at radius 3 is 2.45 bits per heavy atom. The van der Waals surface area contributed by atoms with Crippen LogP contribution in [0.1, 0.15) is 37.7 Å². The van der Waals surface area contributed by atoms with Crippen molar-refractivity contribution in [3.8, 4) is 5.75 Å². The minimum Gasteiger partial charge on any atom is -0.495 e. The van der Waals surface area contributed by atoms with E-state index in [2.05, 4.69) is 40.2 Å². The summed E-state index contributed by atoms with van der Waals surface area (Å²) in [6.07, 6.45) is 4.71. The zero-order valence-electron chi connectivity index (χ0n) is 18.9. The Hall–Kier alpha value is -1.83. The van der Waals surface area contributed by atoms with E-state index in [0.717, 1.165) is 64.2 Å². The monoisotopic (exact) mass is 450 g/mol. The van der Waals surface area contributed by atoms with Crippen LogP contribution < -0.4 is 15.0 Å². The van der Waals surface area contributed by atoms with E-state index in [0.29, 0.717) is 6.42 Å². The molecule has 3 fully saturated rings. The first kappa shape index (κ1) is 23.8. The number of hydrogen-bond acceptors (Lipinski definition) is 6. The lowest BCUT2D eigenvalue weighted by molar-refractivity contribution is -0.137. The van der Waals surface area contributed by atoms with Crippen molar-refractivity contribution in [2.45, 2.75) is 50.6 Å². The van der Waals surface area contributed by atoms with Crippen LogP contribution in [0.25, 0.3) is 0 Å². The molecule has 31 heavy (non-hydrogen) atoms. The molecule has 3 aliphatic rings. The van der Waals surface area contributed by atoms with Gasteiger partial charge in [0, 0.05) is 38.8 Å². The number of hydrogen-bond donors (Lipinski definition) is 1. The number of piperazine rings is 1. The second-order valence-corrected chi connectivity index (χ2v) is 9.08. The molecule has 1 atom stereocenters. The van der Waals surface area contributed by atoms with Crippen molar-refractivity contribution in [1.82, 2.24) is 15.1 Å². The largest absolute Gasteiger partial charge is 0.495 e. The summed E-state index contributed by atoms with van der Waals surface area (Å²) in [7, 11) is 3.32. The summed E-state index contributed by atoms with van der Waals surface area (Å²) in [6, 6.07) is 6.04. The number of amides is 2. The fourth-order valence-corrected chi connectivity index (χ4v) is 4.76. The average Bonchev–Trinajstić information content (AvgIpc) is 3.47. The summed E-state index contributed by atoms with van der Waals surface area (Å²) >= 11 is 0. The van der Waals surface area contributed by atoms with Gasteiger partial charge in [0.15, 0.2) is 0 Å². The molecular weight excluding hydrogens is 416 g/mol. The molecule has 1 aromatic carbocycles. The van der Waals surface area contributed by atoms with Crippen LogP contribution in [-0.4, -0.2) is 80.1 Å². The summed E-state index contributed by atoms with van der Waals surface area (Å²) in [5, 5.41) is 3.51. The van der Waals surface area contributed by atoms with Crippen LogP contribution in [0.4, 0.5) is 5.69 Å². The number of likely N-dealkylation sites (tertiary alicyclic amines) is 1. The fourth-order valence-electron chi connectivity index (χ4n) is 4.76. The zero-order chi connectivity index (χ0) is 21.3. The van der Waals surface area contributed by atoms with E-state index in [4.69, 9.17) is 4.74 Å². The molecule has 2 saturated heterocycles. The van der Waals surface area contributed by atoms with Crippen LogP contribution in [0.2, 0.25) is 0 Å². The third-order valence-electron chi connectivity index (χ3n) is 6.89. The van der Waals surface area contributed by atoms with E-state index in [9.17, 15) is 9.59 Å². The Kier molecular flexibility index (Phi) is 7.50. The number of nitrogens with zero attached hydrogens (tertiary/aromatic N) is 3. The molecule has 1 N–H and O–H groups in total. The Balaban J connectivity index is 0.00000272. The number of aryl methyl sites for hydroxylation is 1. The number of carbonyl (C=O) groups excluding carboxylic acids is 2. The Labute approximate surface area is 191 Å². The molecule has 8 heteroatoms. The summed E-state index contributed by atoms with van der Waals surface area (Å²) < 4.78 is 5.55. The smallest absolute Gasteiger partial charge is 0.246 e. The maximum absolute atomic E-state index is 12.2. The maximum Gasteiger partial charge on any atom is 0.246 e. The fraction of sp³-hybridized carbons (Fsp3) is 0.652. The molecule has 2 aliphatic heterocycles. The van der Waals surface area contributed by atoms with E-state index >= 15 is 0 Å². The summed E-state index contributed by atoms with van der Waals surface area (Å²) in [4.78, 5) is 30.2. The zero-order valence-corrected chi connectivity index (χ0v) is 19.7. The second-order valence-electron chi connectivity index (χ2n) is 9.08. The van der Waals surface area contributed by atoms with Crippen molar-refractivity contribution in [2.24, 2.45) is 0 Å². The highest BCUT2D eigenvalue weighted by molar-refractivity contribution is 6.05. The van der Waals surface area contributed by atoms with Gasteiger partial charge in [0.1, 0.15) is 5.75 Å². The summed E-state index contributed by atoms with van der Waals surface area (Å²) in [5.41, 5.74) is 2.52. The molecule has 2 amide bonds. The first-order valence-electron chi connectivity index (χ1n) is 11.1. The summed E-state index contributed by atoms with van der Waals surface area (Å²) in [6.45, 7) is 7.33. The van der Waals surface area contributed by atoms with Gasteiger partial charge in [-0.1, -0.05) is 6.07 Å². The van der Waals surface area contributed by atoms with Gasteiger partial charge in [0.05, 0.1) is 25.3 Å². The number of methoxy groups -OCH3 is 1. The number of rotatable bonds is 8. The molecule has 0 radical (unpaired) electrons. The molecule has 1 saturated carbocycles. The van der Waals surface area contributed by atoms with Crippen LogP contribution in [0.15, 0.2) is 18.2 Å². The number of nitrogens with one attached hydrogen (secondary N) is 1. The minimum absolute atomic E-state index is 0. The van der Waals surface area contributed by atoms with E-state index in [1.165, 1.54) is 16.2 Å². The lowest BCUT2D eigenvalue weighted by Gasteiger charge is -2.37. The number of imide groups is 1. The number of halogens is 1. The number of ether oxygens (including phenoxy) is 1. The van der Waals surface area contributed by atoms with Gasteiger partial charge in [-0.3, -0.25) is 24.7 Å². The third kappa shape index (κ3) is 5.33. The van der Waals surface area contributed by atoms with E-state index in [-0.39, 0.29) is 35.8 Å². The van der Waals surface area contributed by atoms with Crippen LogP contribution in [0.3, 0.4) is 0 Å². The van der Waals surface area contributed by atoms with Gasteiger partial charge in [0.25, 0.3) is 0 Å². The normalized spacial score (nSPS) is 23.1. The molecule has 4 rings (SSSR count). The van der Waals surface area contributed by atoms with E-state index < -0.39 is 0 Å². The van der Waals surface area contributed by atoms with Gasteiger partial charge >= 0.3 is 0 Å². The molecule has 1 aliphatic carbocycles. The van der Waals surface area contributed by atoms with Crippen LogP contribution in [-0.2, 0) is 9.59 Å². The Morgan fingerprint density at radius 1 is 1.16 bits per heavy atom. The highest BCUT2D eigenvalue weighted by atomic mass is 35.5. The molecule has 0 spiro atoms. The first-order chi connectivity index (χ1) is 14.4. The predicted octanol–water partition coefficient (Wildman–Crippen LogP) is 2.21. The van der Waals surface area contributed by atoms with Crippen molar-refractivity contribution in [2.75, 3.05) is 51.8 Å². The van der Waals surface area contributed by atoms with Crippen molar-refractivity contribution in [3.05, 3.63) is 23.8 Å². The average molecular weight is 451 g/mol. The van der Waals surface area contributed by atoms with Crippen LogP contribution in [0, 0.1) is 6.92 Å². The predicted molar refractivity (Wildman–Crippen MR) is 124 cm³/mol. The summed E-state index contributed by atoms with van der Waals surface area (Å²) in [5.74, 6) is 0.798. The first-order valence-corrected chi connectivity index (χ1v) is 11.1. The maximum atomic E-state index is 12.2. The molecule has 1 aromatic rings. The Morgan fingerprint density at radius 2 is 1.87 bits per heavy atom. The van der Waals surface area contributed by atoms with Crippen LogP contribution in [0.5, 0.6) is 5.75 Å². The van der Waals surface area contributed by atoms with Gasteiger partial charge in [-0.15, -0.1) is 12.4 Å². The number of likely N-dealkylation sites (N-methyl/N-ethyl adjacent to an activating group) is 1. The second kappa shape index (κ2) is 9.76. The van der Waals surface area contributed by atoms with Crippen LogP contribution >= 0.6 is 12.4 Å².